The largest absolute Gasteiger partial charge is 0.313 e. The fraction of sp³-hybridized carbons (Fsp3) is 0.714. The van der Waals surface area contributed by atoms with Gasteiger partial charge < -0.3 is 5.01 Å². The van der Waals surface area contributed by atoms with Crippen molar-refractivity contribution in [3.63, 3.8) is 0 Å². The van der Waals surface area contributed by atoms with Crippen LogP contribution >= 0.6 is 0 Å². The topological polar surface area (TPSA) is 6.48 Å². The lowest BCUT2D eigenvalue weighted by atomic mass is 10.4. The van der Waals surface area contributed by atoms with Crippen LogP contribution in [-0.4, -0.2) is 29.7 Å². The smallest absolute Gasteiger partial charge is 0.0353 e. The van der Waals surface area contributed by atoms with Gasteiger partial charge >= 0.3 is 0 Å². The van der Waals surface area contributed by atoms with Gasteiger partial charge in [0.15, 0.2) is 0 Å². The molecule has 2 heteroatoms. The van der Waals surface area contributed by atoms with Crippen molar-refractivity contribution in [2.24, 2.45) is 0 Å². The Morgan fingerprint density at radius 2 is 2.11 bits per heavy atom. The van der Waals surface area contributed by atoms with Crippen LogP contribution in [0.4, 0.5) is 0 Å². The van der Waals surface area contributed by atoms with E-state index in [0.29, 0.717) is 0 Å². The summed E-state index contributed by atoms with van der Waals surface area (Å²) in [6, 6.07) is 0. The first kappa shape index (κ1) is 5.30. The van der Waals surface area contributed by atoms with Crippen LogP contribution in [0.2, 0.25) is 0 Å². The van der Waals surface area contributed by atoms with Gasteiger partial charge in [-0.05, 0) is 12.8 Å². The summed E-state index contributed by atoms with van der Waals surface area (Å²) in [5.41, 5.74) is 0. The number of fused-ring (bicyclic) bond motifs is 1. The second-order valence-electron chi connectivity index (χ2n) is 2.64. The lowest BCUT2D eigenvalue weighted by Crippen LogP contribution is -2.35. The van der Waals surface area contributed by atoms with Crippen LogP contribution < -0.4 is 0 Å². The van der Waals surface area contributed by atoms with Crippen LogP contribution in [0.15, 0.2) is 12.3 Å². The molecule has 0 radical (unpaired) electrons. The maximum atomic E-state index is 2.42. The highest BCUT2D eigenvalue weighted by Crippen LogP contribution is 2.14. The van der Waals surface area contributed by atoms with E-state index in [1.54, 1.807) is 0 Å². The zero-order valence-corrected chi connectivity index (χ0v) is 5.58. The zero-order chi connectivity index (χ0) is 6.10. The first-order valence-electron chi connectivity index (χ1n) is 3.65. The molecule has 9 heavy (non-hydrogen) atoms. The molecular formula is C7H12N2. The number of hydrogen-bond acceptors (Lipinski definition) is 2. The standard InChI is InChI=1S/C7H12N2/c1-2-5-9-7-3-6-8(9)4-1/h1,4H,2-3,5-7H2. The van der Waals surface area contributed by atoms with Gasteiger partial charge in [-0.25, -0.2) is 5.01 Å². The van der Waals surface area contributed by atoms with Crippen molar-refractivity contribution in [3.8, 4) is 0 Å². The van der Waals surface area contributed by atoms with Crippen LogP contribution in [0.3, 0.4) is 0 Å². The van der Waals surface area contributed by atoms with Crippen LogP contribution in [-0.2, 0) is 0 Å². The van der Waals surface area contributed by atoms with E-state index in [1.807, 2.05) is 0 Å². The first-order chi connectivity index (χ1) is 4.47. The van der Waals surface area contributed by atoms with Crippen molar-refractivity contribution >= 4 is 0 Å². The average molecular weight is 124 g/mol. The van der Waals surface area contributed by atoms with Crippen LogP contribution in [0.5, 0.6) is 0 Å². The molecule has 2 nitrogen and oxygen atoms in total. The van der Waals surface area contributed by atoms with Gasteiger partial charge in [0.25, 0.3) is 0 Å². The van der Waals surface area contributed by atoms with Crippen LogP contribution in [0.25, 0.3) is 0 Å². The Hall–Kier alpha value is -0.500. The summed E-state index contributed by atoms with van der Waals surface area (Å²) >= 11 is 0. The Kier molecular flexibility index (Phi) is 1.19. The van der Waals surface area contributed by atoms with Crippen molar-refractivity contribution < 1.29 is 0 Å². The van der Waals surface area contributed by atoms with E-state index in [-0.39, 0.29) is 0 Å². The molecule has 0 aliphatic carbocycles. The number of hydrazine groups is 1. The van der Waals surface area contributed by atoms with Gasteiger partial charge in [-0.3, -0.25) is 0 Å². The molecule has 0 aromatic rings. The Morgan fingerprint density at radius 3 is 3.00 bits per heavy atom. The molecule has 0 N–H and O–H groups in total. The van der Waals surface area contributed by atoms with Gasteiger partial charge in [0.1, 0.15) is 0 Å². The van der Waals surface area contributed by atoms with Crippen LogP contribution in [0, 0.1) is 0 Å². The highest BCUT2D eigenvalue weighted by atomic mass is 15.6. The fourth-order valence-electron chi connectivity index (χ4n) is 1.51. The second-order valence-corrected chi connectivity index (χ2v) is 2.64. The van der Waals surface area contributed by atoms with E-state index >= 15 is 0 Å². The lowest BCUT2D eigenvalue weighted by molar-refractivity contribution is 0.0722. The van der Waals surface area contributed by atoms with E-state index in [1.165, 1.54) is 32.5 Å². The highest BCUT2D eigenvalue weighted by molar-refractivity contribution is 4.89. The van der Waals surface area contributed by atoms with Gasteiger partial charge in [-0.15, -0.1) is 0 Å². The predicted octanol–water partition coefficient (Wildman–Crippen LogP) is 0.827. The van der Waals surface area contributed by atoms with E-state index < -0.39 is 0 Å². The van der Waals surface area contributed by atoms with Gasteiger partial charge in [0.05, 0.1) is 0 Å². The van der Waals surface area contributed by atoms with Crippen molar-refractivity contribution in [1.82, 2.24) is 10.0 Å². The fourth-order valence-corrected chi connectivity index (χ4v) is 1.51. The predicted molar refractivity (Wildman–Crippen MR) is 36.7 cm³/mol. The third kappa shape index (κ3) is 0.833. The van der Waals surface area contributed by atoms with Gasteiger partial charge in [0.2, 0.25) is 0 Å². The van der Waals surface area contributed by atoms with E-state index in [4.69, 9.17) is 0 Å². The SMILES string of the molecule is C1=CN2CCCN2CC1. The van der Waals surface area contributed by atoms with E-state index in [0.717, 1.165) is 0 Å². The zero-order valence-electron chi connectivity index (χ0n) is 5.58. The molecule has 2 rings (SSSR count). The molecule has 0 unspecified atom stereocenters. The Morgan fingerprint density at radius 1 is 1.11 bits per heavy atom. The minimum Gasteiger partial charge on any atom is -0.313 e. The minimum absolute atomic E-state index is 1.23. The maximum Gasteiger partial charge on any atom is 0.0353 e. The molecule has 50 valence electrons. The molecular weight excluding hydrogens is 112 g/mol. The van der Waals surface area contributed by atoms with Crippen molar-refractivity contribution in [2.75, 3.05) is 19.6 Å². The molecule has 1 fully saturated rings. The number of rotatable bonds is 0. The molecule has 0 aromatic carbocycles. The van der Waals surface area contributed by atoms with E-state index in [9.17, 15) is 0 Å². The van der Waals surface area contributed by atoms with Crippen LogP contribution in [0.1, 0.15) is 12.8 Å². The summed E-state index contributed by atoms with van der Waals surface area (Å²) in [5.74, 6) is 0. The monoisotopic (exact) mass is 124 g/mol. The molecule has 0 aromatic heterocycles. The summed E-state index contributed by atoms with van der Waals surface area (Å²) in [6.45, 7) is 3.73. The minimum atomic E-state index is 1.23. The molecule has 1 saturated heterocycles. The molecule has 2 heterocycles. The summed E-state index contributed by atoms with van der Waals surface area (Å²) in [7, 11) is 0. The van der Waals surface area contributed by atoms with Crippen molar-refractivity contribution in [2.45, 2.75) is 12.8 Å². The number of hydrogen-bond donors (Lipinski definition) is 0. The van der Waals surface area contributed by atoms with E-state index in [2.05, 4.69) is 22.3 Å². The Labute approximate surface area is 55.7 Å². The third-order valence-electron chi connectivity index (χ3n) is 2.00. The normalized spacial score (nSPS) is 26.9. The average Bonchev–Trinajstić information content (AvgIpc) is 2.33. The highest BCUT2D eigenvalue weighted by Gasteiger charge is 2.19. The third-order valence-corrected chi connectivity index (χ3v) is 2.00. The summed E-state index contributed by atoms with van der Waals surface area (Å²) in [4.78, 5) is 0. The summed E-state index contributed by atoms with van der Waals surface area (Å²) in [6.07, 6.45) is 7.03. The first-order valence-corrected chi connectivity index (χ1v) is 3.65. The Balaban J connectivity index is 2.10. The van der Waals surface area contributed by atoms with Gasteiger partial charge in [-0.2, -0.15) is 0 Å². The van der Waals surface area contributed by atoms with Crippen molar-refractivity contribution in [1.29, 1.82) is 0 Å². The van der Waals surface area contributed by atoms with Gasteiger partial charge in [-0.1, -0.05) is 6.08 Å². The Bertz CT molecular complexity index is 131. The molecule has 0 atom stereocenters. The maximum absolute atomic E-state index is 2.42. The second kappa shape index (κ2) is 2.03. The van der Waals surface area contributed by atoms with Gasteiger partial charge in [0, 0.05) is 25.8 Å². The van der Waals surface area contributed by atoms with Crippen molar-refractivity contribution in [3.05, 3.63) is 12.3 Å². The molecule has 2 aliphatic heterocycles. The molecule has 0 saturated carbocycles. The summed E-state index contributed by atoms with van der Waals surface area (Å²) in [5, 5.41) is 4.74. The summed E-state index contributed by atoms with van der Waals surface area (Å²) < 4.78 is 0. The molecule has 0 amide bonds. The molecule has 0 bridgehead atoms. The lowest BCUT2D eigenvalue weighted by Gasteiger charge is -2.29. The number of nitrogens with zero attached hydrogens (tertiary/aromatic N) is 2. The quantitative estimate of drug-likeness (QED) is 0.472. The molecule has 0 spiro atoms. The molecule has 2 aliphatic rings.